The Hall–Kier alpha value is -2.81. The number of amides is 1. The van der Waals surface area contributed by atoms with Gasteiger partial charge in [-0.05, 0) is 66.7 Å². The van der Waals surface area contributed by atoms with Gasteiger partial charge in [-0.1, -0.05) is 57.6 Å². The number of fused-ring (bicyclic) bond motifs is 1. The quantitative estimate of drug-likeness (QED) is 0.284. The molecule has 0 unspecified atom stereocenters. The molecule has 0 saturated carbocycles. The van der Waals surface area contributed by atoms with Crippen molar-refractivity contribution in [2.75, 3.05) is 17.2 Å². The highest BCUT2D eigenvalue weighted by Gasteiger charge is 2.09. The summed E-state index contributed by atoms with van der Waals surface area (Å²) in [6.45, 7) is 0.808. The zero-order valence-corrected chi connectivity index (χ0v) is 19.6. The van der Waals surface area contributed by atoms with Crippen molar-refractivity contribution >= 4 is 71.5 Å². The molecule has 5 nitrogen and oxygen atoms in total. The van der Waals surface area contributed by atoms with Gasteiger partial charge in [0.05, 0.1) is 10.2 Å². The van der Waals surface area contributed by atoms with Crippen LogP contribution in [0.5, 0.6) is 0 Å². The molecule has 8 heteroatoms. The van der Waals surface area contributed by atoms with E-state index >= 15 is 0 Å². The van der Waals surface area contributed by atoms with E-state index in [0.717, 1.165) is 38.5 Å². The Morgan fingerprint density at radius 2 is 1.81 bits per heavy atom. The van der Waals surface area contributed by atoms with Crippen LogP contribution in [0.4, 0.5) is 10.8 Å². The molecule has 0 aliphatic heterocycles. The molecule has 4 aromatic rings. The van der Waals surface area contributed by atoms with Crippen molar-refractivity contribution in [3.8, 4) is 0 Å². The van der Waals surface area contributed by atoms with Crippen LogP contribution >= 0.6 is 39.5 Å². The standard InChI is InChI=1S/C23H19BrN4OS2/c24-17-8-6-15(7-9-17)12-13-25-23-27-19-11-10-18(14-20(19)31-23)26-22(30)28-21(29)16-4-2-1-3-5-16/h1-11,14H,12-13H2,(H,25,27)(H2,26,28,29,30). The van der Waals surface area contributed by atoms with E-state index in [-0.39, 0.29) is 11.0 Å². The lowest BCUT2D eigenvalue weighted by atomic mass is 10.1. The molecule has 1 aromatic heterocycles. The Bertz CT molecular complexity index is 1210. The van der Waals surface area contributed by atoms with Crippen LogP contribution in [0.2, 0.25) is 0 Å². The van der Waals surface area contributed by atoms with E-state index in [4.69, 9.17) is 12.2 Å². The Morgan fingerprint density at radius 1 is 1.03 bits per heavy atom. The topological polar surface area (TPSA) is 66.0 Å². The maximum Gasteiger partial charge on any atom is 0.257 e. The minimum absolute atomic E-state index is 0.241. The summed E-state index contributed by atoms with van der Waals surface area (Å²) in [5, 5.41) is 10.3. The molecule has 0 aliphatic rings. The molecule has 0 spiro atoms. The van der Waals surface area contributed by atoms with Gasteiger partial charge in [-0.2, -0.15) is 0 Å². The van der Waals surface area contributed by atoms with E-state index in [9.17, 15) is 4.79 Å². The third-order valence-corrected chi connectivity index (χ3v) is 6.22. The number of rotatable bonds is 6. The van der Waals surface area contributed by atoms with E-state index in [1.807, 2.05) is 48.5 Å². The van der Waals surface area contributed by atoms with Crippen molar-refractivity contribution in [3.05, 3.63) is 88.4 Å². The number of benzene rings is 3. The van der Waals surface area contributed by atoms with Gasteiger partial charge in [-0.25, -0.2) is 4.98 Å². The zero-order chi connectivity index (χ0) is 21.6. The van der Waals surface area contributed by atoms with Gasteiger partial charge >= 0.3 is 0 Å². The number of carbonyl (C=O) groups is 1. The van der Waals surface area contributed by atoms with Gasteiger partial charge in [0.15, 0.2) is 10.2 Å². The lowest BCUT2D eigenvalue weighted by Crippen LogP contribution is -2.34. The number of aromatic nitrogens is 1. The highest BCUT2D eigenvalue weighted by molar-refractivity contribution is 9.10. The maximum atomic E-state index is 12.2. The highest BCUT2D eigenvalue weighted by Crippen LogP contribution is 2.28. The van der Waals surface area contributed by atoms with Crippen LogP contribution in [-0.2, 0) is 6.42 Å². The van der Waals surface area contributed by atoms with Gasteiger partial charge in [0, 0.05) is 22.3 Å². The monoisotopic (exact) mass is 510 g/mol. The van der Waals surface area contributed by atoms with Crippen LogP contribution in [0.3, 0.4) is 0 Å². The maximum absolute atomic E-state index is 12.2. The molecule has 0 bridgehead atoms. The summed E-state index contributed by atoms with van der Waals surface area (Å²) < 4.78 is 2.12. The fourth-order valence-electron chi connectivity index (χ4n) is 2.97. The Balaban J connectivity index is 1.34. The van der Waals surface area contributed by atoms with Crippen molar-refractivity contribution in [3.63, 3.8) is 0 Å². The molecule has 3 N–H and O–H groups in total. The lowest BCUT2D eigenvalue weighted by molar-refractivity contribution is 0.0977. The van der Waals surface area contributed by atoms with Crippen LogP contribution in [0.25, 0.3) is 10.2 Å². The van der Waals surface area contributed by atoms with Crippen LogP contribution in [-0.4, -0.2) is 22.5 Å². The van der Waals surface area contributed by atoms with Gasteiger partial charge in [0.2, 0.25) is 0 Å². The number of hydrogen-bond acceptors (Lipinski definition) is 5. The first-order valence-electron chi connectivity index (χ1n) is 9.63. The SMILES string of the molecule is O=C(NC(=S)Nc1ccc2nc(NCCc3ccc(Br)cc3)sc2c1)c1ccccc1. The van der Waals surface area contributed by atoms with Crippen molar-refractivity contribution in [1.82, 2.24) is 10.3 Å². The van der Waals surface area contributed by atoms with E-state index in [1.165, 1.54) is 5.56 Å². The lowest BCUT2D eigenvalue weighted by Gasteiger charge is -2.09. The molecule has 0 fully saturated rings. The smallest absolute Gasteiger partial charge is 0.257 e. The predicted octanol–water partition coefficient (Wildman–Crippen LogP) is 5.84. The Morgan fingerprint density at radius 3 is 2.58 bits per heavy atom. The molecular weight excluding hydrogens is 492 g/mol. The van der Waals surface area contributed by atoms with Crippen molar-refractivity contribution in [2.24, 2.45) is 0 Å². The normalized spacial score (nSPS) is 10.6. The second-order valence-corrected chi connectivity index (χ2v) is 9.13. The fourth-order valence-corrected chi connectivity index (χ4v) is 4.38. The Kier molecular flexibility index (Phi) is 6.91. The molecule has 0 saturated heterocycles. The number of nitrogens with zero attached hydrogens (tertiary/aromatic N) is 1. The number of thiazole rings is 1. The first-order valence-corrected chi connectivity index (χ1v) is 11.6. The van der Waals surface area contributed by atoms with Crippen LogP contribution < -0.4 is 16.0 Å². The summed E-state index contributed by atoms with van der Waals surface area (Å²) in [5.41, 5.74) is 3.55. The largest absolute Gasteiger partial charge is 0.361 e. The first kappa shape index (κ1) is 21.4. The van der Waals surface area contributed by atoms with Gasteiger partial charge < -0.3 is 10.6 Å². The molecule has 3 aromatic carbocycles. The minimum atomic E-state index is -0.241. The van der Waals surface area contributed by atoms with E-state index in [0.29, 0.717) is 5.56 Å². The summed E-state index contributed by atoms with van der Waals surface area (Å²) in [4.78, 5) is 16.9. The molecule has 156 valence electrons. The number of nitrogens with one attached hydrogen (secondary N) is 3. The van der Waals surface area contributed by atoms with Gasteiger partial charge in [0.25, 0.3) is 5.91 Å². The van der Waals surface area contributed by atoms with Crippen molar-refractivity contribution in [1.29, 1.82) is 0 Å². The summed E-state index contributed by atoms with van der Waals surface area (Å²) in [7, 11) is 0. The average molecular weight is 511 g/mol. The van der Waals surface area contributed by atoms with Gasteiger partial charge in [-0.15, -0.1) is 0 Å². The highest BCUT2D eigenvalue weighted by atomic mass is 79.9. The third kappa shape index (κ3) is 5.88. The number of hydrogen-bond donors (Lipinski definition) is 3. The van der Waals surface area contributed by atoms with Crippen molar-refractivity contribution in [2.45, 2.75) is 6.42 Å². The summed E-state index contributed by atoms with van der Waals surface area (Å²) >= 11 is 10.3. The first-order chi connectivity index (χ1) is 15.1. The third-order valence-electron chi connectivity index (χ3n) is 4.51. The number of halogens is 1. The van der Waals surface area contributed by atoms with E-state index < -0.39 is 0 Å². The van der Waals surface area contributed by atoms with Gasteiger partial charge in [-0.3, -0.25) is 10.1 Å². The summed E-state index contributed by atoms with van der Waals surface area (Å²) in [6, 6.07) is 23.1. The van der Waals surface area contributed by atoms with Crippen LogP contribution in [0, 0.1) is 0 Å². The van der Waals surface area contributed by atoms with E-state index in [1.54, 1.807) is 23.5 Å². The average Bonchev–Trinajstić information content (AvgIpc) is 3.17. The fraction of sp³-hybridized carbons (Fsp3) is 0.0870. The molecule has 1 heterocycles. The molecule has 0 aliphatic carbocycles. The molecule has 31 heavy (non-hydrogen) atoms. The summed E-state index contributed by atoms with van der Waals surface area (Å²) in [5.74, 6) is -0.241. The zero-order valence-electron chi connectivity index (χ0n) is 16.4. The predicted molar refractivity (Wildman–Crippen MR) is 136 cm³/mol. The second kappa shape index (κ2) is 10.00. The van der Waals surface area contributed by atoms with E-state index in [2.05, 4.69) is 49.0 Å². The number of anilines is 2. The summed E-state index contributed by atoms with van der Waals surface area (Å²) in [6.07, 6.45) is 0.922. The van der Waals surface area contributed by atoms with Crippen LogP contribution in [0.1, 0.15) is 15.9 Å². The molecule has 1 amide bonds. The molecule has 4 rings (SSSR count). The number of thiocarbonyl (C=S) groups is 1. The molecule has 0 radical (unpaired) electrons. The second-order valence-electron chi connectivity index (χ2n) is 6.78. The Labute approximate surface area is 198 Å². The molecular formula is C23H19BrN4OS2. The minimum Gasteiger partial charge on any atom is -0.361 e. The number of carbonyl (C=O) groups excluding carboxylic acids is 1. The van der Waals surface area contributed by atoms with Crippen molar-refractivity contribution < 1.29 is 4.79 Å². The van der Waals surface area contributed by atoms with Gasteiger partial charge in [0.1, 0.15) is 0 Å². The van der Waals surface area contributed by atoms with Crippen LogP contribution in [0.15, 0.2) is 77.3 Å². The molecule has 0 atom stereocenters.